The van der Waals surface area contributed by atoms with E-state index in [1.165, 1.54) is 6.92 Å². The molecule has 0 aliphatic heterocycles. The molecule has 0 radical (unpaired) electrons. The molecule has 1 aromatic heterocycles. The van der Waals surface area contributed by atoms with E-state index >= 15 is 0 Å². The molecule has 3 rings (SSSR count). The largest absolute Gasteiger partial charge is 0.325 e. The number of aryl methyl sites for hydroxylation is 2. The summed E-state index contributed by atoms with van der Waals surface area (Å²) in [5, 5.41) is 6.72. The molecule has 0 aliphatic rings. The van der Waals surface area contributed by atoms with Crippen LogP contribution in [0.25, 0.3) is 10.9 Å². The third kappa shape index (κ3) is 3.83. The number of anilines is 2. The van der Waals surface area contributed by atoms with Gasteiger partial charge in [0.05, 0.1) is 27.5 Å². The van der Waals surface area contributed by atoms with Crippen molar-refractivity contribution < 1.29 is 9.59 Å². The molecule has 0 fully saturated rings. The second-order valence-corrected chi connectivity index (χ2v) is 6.55. The highest BCUT2D eigenvalue weighted by Gasteiger charge is 2.13. The molecule has 26 heavy (non-hydrogen) atoms. The highest BCUT2D eigenvalue weighted by atomic mass is 35.5. The van der Waals surface area contributed by atoms with Gasteiger partial charge in [-0.15, -0.1) is 0 Å². The molecule has 0 spiro atoms. The fraction of sp³-hybridized carbons (Fsp3) is 0.150. The van der Waals surface area contributed by atoms with Crippen LogP contribution in [0.2, 0.25) is 5.02 Å². The highest BCUT2D eigenvalue weighted by Crippen LogP contribution is 2.26. The third-order valence-corrected chi connectivity index (χ3v) is 4.26. The number of fused-ring (bicyclic) bond motifs is 1. The summed E-state index contributed by atoms with van der Waals surface area (Å²) < 4.78 is 0. The Morgan fingerprint density at radius 1 is 1.00 bits per heavy atom. The first-order chi connectivity index (χ1) is 12.3. The number of pyridine rings is 1. The number of carbonyl (C=O) groups is 2. The minimum absolute atomic E-state index is 0.211. The lowest BCUT2D eigenvalue weighted by Crippen LogP contribution is -2.14. The molecular weight excluding hydrogens is 350 g/mol. The van der Waals surface area contributed by atoms with Crippen LogP contribution in [-0.4, -0.2) is 16.8 Å². The van der Waals surface area contributed by atoms with Crippen LogP contribution in [0.1, 0.15) is 28.5 Å². The van der Waals surface area contributed by atoms with Gasteiger partial charge in [-0.05, 0) is 50.2 Å². The summed E-state index contributed by atoms with van der Waals surface area (Å²) in [6.45, 7) is 5.21. The second-order valence-electron chi connectivity index (χ2n) is 6.15. The Bertz CT molecular complexity index is 1030. The van der Waals surface area contributed by atoms with Gasteiger partial charge >= 0.3 is 0 Å². The van der Waals surface area contributed by atoms with E-state index in [0.717, 1.165) is 16.5 Å². The lowest BCUT2D eigenvalue weighted by molar-refractivity contribution is -0.114. The van der Waals surface area contributed by atoms with Crippen LogP contribution < -0.4 is 10.6 Å². The van der Waals surface area contributed by atoms with Crippen molar-refractivity contribution >= 4 is 45.7 Å². The van der Waals surface area contributed by atoms with Crippen molar-refractivity contribution in [2.24, 2.45) is 0 Å². The van der Waals surface area contributed by atoms with Gasteiger partial charge in [-0.25, -0.2) is 0 Å². The summed E-state index contributed by atoms with van der Waals surface area (Å²) in [6.07, 6.45) is 0. The van der Waals surface area contributed by atoms with Gasteiger partial charge in [0.2, 0.25) is 5.91 Å². The first kappa shape index (κ1) is 17.9. The van der Waals surface area contributed by atoms with Crippen molar-refractivity contribution in [1.82, 2.24) is 4.98 Å². The first-order valence-corrected chi connectivity index (χ1v) is 8.48. The zero-order chi connectivity index (χ0) is 18.8. The van der Waals surface area contributed by atoms with Gasteiger partial charge in [0.15, 0.2) is 0 Å². The SMILES string of the molecule is CC(=O)Nc1ccc(NC(=O)c2cc3cc(C)ccc3nc2C)cc1Cl. The van der Waals surface area contributed by atoms with Gasteiger partial charge in [0.1, 0.15) is 0 Å². The number of benzene rings is 2. The maximum Gasteiger partial charge on any atom is 0.257 e. The molecule has 0 unspecified atom stereocenters. The monoisotopic (exact) mass is 367 g/mol. The quantitative estimate of drug-likeness (QED) is 0.703. The normalized spacial score (nSPS) is 10.6. The zero-order valence-electron chi connectivity index (χ0n) is 14.7. The molecule has 2 N–H and O–H groups in total. The van der Waals surface area contributed by atoms with Crippen LogP contribution in [-0.2, 0) is 4.79 Å². The molecule has 1 heterocycles. The number of amides is 2. The predicted molar refractivity (Wildman–Crippen MR) is 105 cm³/mol. The Hall–Kier alpha value is -2.92. The number of nitrogens with one attached hydrogen (secondary N) is 2. The van der Waals surface area contributed by atoms with E-state index in [4.69, 9.17) is 11.6 Å². The van der Waals surface area contributed by atoms with E-state index in [1.807, 2.05) is 31.2 Å². The molecule has 0 aliphatic carbocycles. The minimum atomic E-state index is -0.262. The van der Waals surface area contributed by atoms with Crippen LogP contribution in [0, 0.1) is 13.8 Å². The Kier molecular flexibility index (Phi) is 4.91. The number of rotatable bonds is 3. The minimum Gasteiger partial charge on any atom is -0.325 e. The predicted octanol–water partition coefficient (Wildman–Crippen LogP) is 4.72. The number of carbonyl (C=O) groups excluding carboxylic acids is 2. The lowest BCUT2D eigenvalue weighted by Gasteiger charge is -2.11. The summed E-state index contributed by atoms with van der Waals surface area (Å²) in [4.78, 5) is 28.3. The molecule has 5 nitrogen and oxygen atoms in total. The fourth-order valence-corrected chi connectivity index (χ4v) is 2.93. The van der Waals surface area contributed by atoms with Crippen molar-refractivity contribution in [3.63, 3.8) is 0 Å². The smallest absolute Gasteiger partial charge is 0.257 e. The van der Waals surface area contributed by atoms with Crippen molar-refractivity contribution in [2.75, 3.05) is 10.6 Å². The van der Waals surface area contributed by atoms with E-state index in [1.54, 1.807) is 25.1 Å². The number of nitrogens with zero attached hydrogens (tertiary/aromatic N) is 1. The van der Waals surface area contributed by atoms with Gasteiger partial charge in [-0.3, -0.25) is 14.6 Å². The highest BCUT2D eigenvalue weighted by molar-refractivity contribution is 6.34. The summed E-state index contributed by atoms with van der Waals surface area (Å²) in [5.41, 5.74) is 4.15. The van der Waals surface area contributed by atoms with Crippen LogP contribution >= 0.6 is 11.6 Å². The van der Waals surface area contributed by atoms with Gasteiger partial charge in [0, 0.05) is 18.0 Å². The number of hydrogen-bond acceptors (Lipinski definition) is 3. The third-order valence-electron chi connectivity index (χ3n) is 3.94. The molecule has 2 aromatic carbocycles. The number of halogens is 1. The van der Waals surface area contributed by atoms with E-state index in [2.05, 4.69) is 15.6 Å². The molecule has 0 atom stereocenters. The maximum atomic E-state index is 12.7. The topological polar surface area (TPSA) is 71.1 Å². The summed E-state index contributed by atoms with van der Waals surface area (Å²) in [7, 11) is 0. The summed E-state index contributed by atoms with van der Waals surface area (Å²) >= 11 is 6.15. The average molecular weight is 368 g/mol. The van der Waals surface area contributed by atoms with Gasteiger partial charge in [-0.1, -0.05) is 23.2 Å². The van der Waals surface area contributed by atoms with Gasteiger partial charge in [-0.2, -0.15) is 0 Å². The first-order valence-electron chi connectivity index (χ1n) is 8.10. The molecule has 0 bridgehead atoms. The molecule has 2 amide bonds. The van der Waals surface area contributed by atoms with E-state index in [0.29, 0.717) is 27.7 Å². The average Bonchev–Trinajstić information content (AvgIpc) is 2.56. The number of hydrogen-bond donors (Lipinski definition) is 2. The second kappa shape index (κ2) is 7.14. The molecule has 0 saturated heterocycles. The van der Waals surface area contributed by atoms with Crippen molar-refractivity contribution in [3.8, 4) is 0 Å². The van der Waals surface area contributed by atoms with Crippen molar-refractivity contribution in [1.29, 1.82) is 0 Å². The lowest BCUT2D eigenvalue weighted by atomic mass is 10.1. The Labute approximate surface area is 156 Å². The van der Waals surface area contributed by atoms with Crippen LogP contribution in [0.5, 0.6) is 0 Å². The maximum absolute atomic E-state index is 12.7. The zero-order valence-corrected chi connectivity index (χ0v) is 15.4. The molecule has 3 aromatic rings. The molecule has 6 heteroatoms. The van der Waals surface area contributed by atoms with Crippen LogP contribution in [0.3, 0.4) is 0 Å². The summed E-state index contributed by atoms with van der Waals surface area (Å²) in [5.74, 6) is -0.474. The van der Waals surface area contributed by atoms with Crippen molar-refractivity contribution in [2.45, 2.75) is 20.8 Å². The Morgan fingerprint density at radius 3 is 2.46 bits per heavy atom. The Balaban J connectivity index is 1.88. The molecular formula is C20H18ClN3O2. The number of aromatic nitrogens is 1. The molecule has 132 valence electrons. The fourth-order valence-electron chi connectivity index (χ4n) is 2.70. The van der Waals surface area contributed by atoms with Crippen molar-refractivity contribution in [3.05, 3.63) is 64.3 Å². The molecule has 0 saturated carbocycles. The van der Waals surface area contributed by atoms with E-state index in [-0.39, 0.29) is 11.8 Å². The van der Waals surface area contributed by atoms with Gasteiger partial charge < -0.3 is 10.6 Å². The standard InChI is InChI=1S/C20H18ClN3O2/c1-11-4-6-18-14(8-11)9-16(12(2)22-18)20(26)24-15-5-7-19(17(21)10-15)23-13(3)25/h4-10H,1-3H3,(H,23,25)(H,24,26). The van der Waals surface area contributed by atoms with Crippen LogP contribution in [0.4, 0.5) is 11.4 Å². The van der Waals surface area contributed by atoms with E-state index in [9.17, 15) is 9.59 Å². The van der Waals surface area contributed by atoms with Crippen LogP contribution in [0.15, 0.2) is 42.5 Å². The van der Waals surface area contributed by atoms with Gasteiger partial charge in [0.25, 0.3) is 5.91 Å². The van der Waals surface area contributed by atoms with E-state index < -0.39 is 0 Å². The summed E-state index contributed by atoms with van der Waals surface area (Å²) in [6, 6.07) is 12.7. The Morgan fingerprint density at radius 2 is 1.77 bits per heavy atom.